The van der Waals surface area contributed by atoms with E-state index in [0.717, 1.165) is 55.0 Å². The lowest BCUT2D eigenvalue weighted by molar-refractivity contribution is -0.121. The molecule has 3 N–H and O–H groups in total. The minimum Gasteiger partial charge on any atom is -0.381 e. The van der Waals surface area contributed by atoms with Crippen LogP contribution in [-0.4, -0.2) is 40.3 Å². The third kappa shape index (κ3) is 4.14. The molecule has 1 aromatic carbocycles. The molecular formula is C22H30N4O4. The fourth-order valence-corrected chi connectivity index (χ4v) is 4.85. The van der Waals surface area contributed by atoms with Gasteiger partial charge in [0.2, 0.25) is 5.91 Å². The number of fused-ring (bicyclic) bond motifs is 1. The number of aromatic nitrogens is 2. The first-order valence-electron chi connectivity index (χ1n) is 10.9. The topological polar surface area (TPSA) is 108 Å². The number of hydrogen-bond donors (Lipinski definition) is 2. The first-order chi connectivity index (χ1) is 14.6. The minimum absolute atomic E-state index is 0.0199. The number of ether oxygens (including phenoxy) is 1. The zero-order valence-electron chi connectivity index (χ0n) is 17.2. The number of primary amides is 1. The number of hydrogen-bond acceptors (Lipinski definition) is 4. The summed E-state index contributed by atoms with van der Waals surface area (Å²) in [4.78, 5) is 38.5. The van der Waals surface area contributed by atoms with Crippen molar-refractivity contribution in [3.05, 3.63) is 34.7 Å². The Morgan fingerprint density at radius 2 is 1.73 bits per heavy atom. The Balaban J connectivity index is 1.64. The molecule has 1 aliphatic heterocycles. The summed E-state index contributed by atoms with van der Waals surface area (Å²) >= 11 is 0. The zero-order valence-corrected chi connectivity index (χ0v) is 17.2. The second kappa shape index (κ2) is 9.04. The van der Waals surface area contributed by atoms with Crippen LogP contribution in [0.1, 0.15) is 44.9 Å². The molecule has 30 heavy (non-hydrogen) atoms. The Labute approximate surface area is 175 Å². The largest absolute Gasteiger partial charge is 0.381 e. The maximum absolute atomic E-state index is 13.2. The molecule has 0 unspecified atom stereocenters. The molecule has 162 valence electrons. The molecule has 2 fully saturated rings. The summed E-state index contributed by atoms with van der Waals surface area (Å²) in [7, 11) is 0. The Morgan fingerprint density at radius 3 is 2.40 bits per heavy atom. The number of nitrogens with one attached hydrogen (secondary N) is 1. The number of benzene rings is 1. The van der Waals surface area contributed by atoms with Gasteiger partial charge in [-0.25, -0.2) is 14.2 Å². The molecule has 1 aliphatic carbocycles. The van der Waals surface area contributed by atoms with E-state index in [0.29, 0.717) is 31.2 Å². The molecule has 4 rings (SSSR count). The second-order valence-electron chi connectivity index (χ2n) is 8.50. The van der Waals surface area contributed by atoms with E-state index in [1.54, 1.807) is 16.7 Å². The van der Waals surface area contributed by atoms with Crippen LogP contribution in [0.15, 0.2) is 29.1 Å². The predicted octanol–water partition coefficient (Wildman–Crippen LogP) is 2.22. The SMILES string of the molecule is NC(=O)[C@@H](NC(=O)n1c(=O)n(CC2CCOCC2)c2ccccc21)C1CCCCC1. The van der Waals surface area contributed by atoms with Crippen molar-refractivity contribution in [3.8, 4) is 0 Å². The molecule has 1 saturated carbocycles. The van der Waals surface area contributed by atoms with E-state index < -0.39 is 18.0 Å². The molecule has 0 radical (unpaired) electrons. The Hall–Kier alpha value is -2.61. The highest BCUT2D eigenvalue weighted by molar-refractivity contribution is 5.92. The fourth-order valence-electron chi connectivity index (χ4n) is 4.85. The summed E-state index contributed by atoms with van der Waals surface area (Å²) in [6.45, 7) is 1.94. The van der Waals surface area contributed by atoms with Crippen LogP contribution in [0.2, 0.25) is 0 Å². The summed E-state index contributed by atoms with van der Waals surface area (Å²) in [5.41, 5.74) is 6.49. The summed E-state index contributed by atoms with van der Waals surface area (Å²) in [5.74, 6) is -0.194. The van der Waals surface area contributed by atoms with E-state index in [4.69, 9.17) is 10.5 Å². The van der Waals surface area contributed by atoms with Crippen LogP contribution in [0.5, 0.6) is 0 Å². The van der Waals surface area contributed by atoms with Crippen LogP contribution >= 0.6 is 0 Å². The van der Waals surface area contributed by atoms with Crippen molar-refractivity contribution in [2.75, 3.05) is 13.2 Å². The van der Waals surface area contributed by atoms with Gasteiger partial charge in [-0.1, -0.05) is 31.4 Å². The number of amides is 2. The van der Waals surface area contributed by atoms with Gasteiger partial charge >= 0.3 is 11.7 Å². The van der Waals surface area contributed by atoms with E-state index in [9.17, 15) is 14.4 Å². The molecule has 2 heterocycles. The van der Waals surface area contributed by atoms with Crippen LogP contribution in [0.4, 0.5) is 4.79 Å². The van der Waals surface area contributed by atoms with Gasteiger partial charge in [-0.3, -0.25) is 9.36 Å². The molecule has 2 aliphatic rings. The number of rotatable bonds is 5. The Bertz CT molecular complexity index is 967. The fraction of sp³-hybridized carbons (Fsp3) is 0.591. The van der Waals surface area contributed by atoms with Gasteiger partial charge in [0.25, 0.3) is 0 Å². The highest BCUT2D eigenvalue weighted by atomic mass is 16.5. The van der Waals surface area contributed by atoms with E-state index in [-0.39, 0.29) is 11.6 Å². The Morgan fingerprint density at radius 1 is 1.07 bits per heavy atom. The maximum Gasteiger partial charge on any atom is 0.337 e. The molecule has 0 spiro atoms. The van der Waals surface area contributed by atoms with Crippen molar-refractivity contribution in [3.63, 3.8) is 0 Å². The van der Waals surface area contributed by atoms with Gasteiger partial charge in [0, 0.05) is 19.8 Å². The summed E-state index contributed by atoms with van der Waals surface area (Å²) < 4.78 is 8.24. The average molecular weight is 415 g/mol. The van der Waals surface area contributed by atoms with Crippen molar-refractivity contribution < 1.29 is 14.3 Å². The van der Waals surface area contributed by atoms with Crippen LogP contribution < -0.4 is 16.7 Å². The predicted molar refractivity (Wildman–Crippen MR) is 113 cm³/mol. The normalized spacial score (nSPS) is 19.6. The summed E-state index contributed by atoms with van der Waals surface area (Å²) in [6, 6.07) is 5.93. The van der Waals surface area contributed by atoms with Crippen molar-refractivity contribution >= 4 is 23.0 Å². The number of nitrogens with zero attached hydrogens (tertiary/aromatic N) is 2. The zero-order chi connectivity index (χ0) is 21.1. The van der Waals surface area contributed by atoms with Crippen molar-refractivity contribution in [1.29, 1.82) is 0 Å². The third-order valence-electron chi connectivity index (χ3n) is 6.53. The first-order valence-corrected chi connectivity index (χ1v) is 10.9. The minimum atomic E-state index is -0.762. The molecule has 1 aromatic heterocycles. The van der Waals surface area contributed by atoms with E-state index in [2.05, 4.69) is 5.32 Å². The lowest BCUT2D eigenvalue weighted by Gasteiger charge is -2.28. The van der Waals surface area contributed by atoms with Crippen LogP contribution in [0, 0.1) is 11.8 Å². The van der Waals surface area contributed by atoms with Crippen LogP contribution in [0.25, 0.3) is 11.0 Å². The van der Waals surface area contributed by atoms with E-state index >= 15 is 0 Å². The monoisotopic (exact) mass is 414 g/mol. The lowest BCUT2D eigenvalue weighted by Crippen LogP contribution is -2.52. The van der Waals surface area contributed by atoms with E-state index in [1.807, 2.05) is 12.1 Å². The lowest BCUT2D eigenvalue weighted by atomic mass is 9.83. The summed E-state index contributed by atoms with van der Waals surface area (Å²) in [5, 5.41) is 2.77. The van der Waals surface area contributed by atoms with Gasteiger partial charge in [-0.15, -0.1) is 0 Å². The molecule has 2 amide bonds. The number of carbonyl (C=O) groups excluding carboxylic acids is 2. The maximum atomic E-state index is 13.2. The van der Waals surface area contributed by atoms with E-state index in [1.165, 1.54) is 0 Å². The highest BCUT2D eigenvalue weighted by Gasteiger charge is 2.31. The molecule has 8 nitrogen and oxygen atoms in total. The number of para-hydroxylation sites is 2. The number of carbonyl (C=O) groups is 2. The van der Waals surface area contributed by atoms with Crippen molar-refractivity contribution in [1.82, 2.24) is 14.5 Å². The van der Waals surface area contributed by atoms with Gasteiger partial charge in [-0.05, 0) is 49.7 Å². The number of nitrogens with two attached hydrogens (primary N) is 1. The molecule has 8 heteroatoms. The van der Waals surface area contributed by atoms with Gasteiger partial charge in [-0.2, -0.15) is 0 Å². The quantitative estimate of drug-likeness (QED) is 0.782. The Kier molecular flexibility index (Phi) is 6.22. The molecule has 0 bridgehead atoms. The van der Waals surface area contributed by atoms with Crippen LogP contribution in [0.3, 0.4) is 0 Å². The summed E-state index contributed by atoms with van der Waals surface area (Å²) in [6.07, 6.45) is 6.67. The molecule has 1 saturated heterocycles. The molecular weight excluding hydrogens is 384 g/mol. The number of imidazole rings is 1. The smallest absolute Gasteiger partial charge is 0.337 e. The van der Waals surface area contributed by atoms with Gasteiger partial charge in [0.15, 0.2) is 0 Å². The average Bonchev–Trinajstić information content (AvgIpc) is 3.04. The highest BCUT2D eigenvalue weighted by Crippen LogP contribution is 2.27. The van der Waals surface area contributed by atoms with Crippen LogP contribution in [-0.2, 0) is 16.1 Å². The molecule has 2 aromatic rings. The second-order valence-corrected chi connectivity index (χ2v) is 8.50. The standard InChI is InChI=1S/C22H30N4O4/c23-20(27)19(16-6-2-1-3-7-16)24-21(28)26-18-9-5-4-8-17(18)25(22(26)29)14-15-10-12-30-13-11-15/h4-5,8-9,15-16,19H,1-3,6-7,10-14H2,(H2,23,27)(H,24,28)/t19-/m0/s1. The van der Waals surface area contributed by atoms with Gasteiger partial charge in [0.1, 0.15) is 6.04 Å². The third-order valence-corrected chi connectivity index (χ3v) is 6.53. The van der Waals surface area contributed by atoms with Gasteiger partial charge in [0.05, 0.1) is 11.0 Å². The van der Waals surface area contributed by atoms with Gasteiger partial charge < -0.3 is 15.8 Å². The molecule has 1 atom stereocenters. The van der Waals surface area contributed by atoms with Crippen molar-refractivity contribution in [2.24, 2.45) is 17.6 Å². The first kappa shape index (κ1) is 20.7. The van der Waals surface area contributed by atoms with Crippen molar-refractivity contribution in [2.45, 2.75) is 57.5 Å².